The minimum Gasteiger partial charge on any atom is -0.360 e. The quantitative estimate of drug-likeness (QED) is 0.488. The highest BCUT2D eigenvalue weighted by atomic mass is 35.5. The van der Waals surface area contributed by atoms with Gasteiger partial charge in [0, 0.05) is 27.7 Å². The van der Waals surface area contributed by atoms with Gasteiger partial charge in [-0.3, -0.25) is 0 Å². The van der Waals surface area contributed by atoms with Crippen LogP contribution in [0.4, 0.5) is 13.2 Å². The van der Waals surface area contributed by atoms with E-state index >= 15 is 0 Å². The first-order chi connectivity index (χ1) is 11.9. The number of para-hydroxylation sites is 1. The zero-order chi connectivity index (χ0) is 17.6. The number of aromatic amines is 1. The Morgan fingerprint density at radius 3 is 2.44 bits per heavy atom. The molecule has 4 rings (SSSR count). The van der Waals surface area contributed by atoms with Crippen LogP contribution in [-0.4, -0.2) is 14.8 Å². The van der Waals surface area contributed by atoms with Crippen molar-refractivity contribution < 1.29 is 13.2 Å². The summed E-state index contributed by atoms with van der Waals surface area (Å²) in [5.41, 5.74) is 1.40. The van der Waals surface area contributed by atoms with Crippen molar-refractivity contribution in [3.8, 4) is 16.9 Å². The van der Waals surface area contributed by atoms with E-state index in [-0.39, 0.29) is 0 Å². The molecule has 2 aromatic carbocycles. The van der Waals surface area contributed by atoms with Gasteiger partial charge in [0.2, 0.25) is 0 Å². The smallest absolute Gasteiger partial charge is 0.360 e. The highest BCUT2D eigenvalue weighted by molar-refractivity contribution is 6.30. The van der Waals surface area contributed by atoms with E-state index in [2.05, 4.69) is 10.1 Å². The summed E-state index contributed by atoms with van der Waals surface area (Å²) in [5.74, 6) is 0. The summed E-state index contributed by atoms with van der Waals surface area (Å²) >= 11 is 5.88. The summed E-state index contributed by atoms with van der Waals surface area (Å²) in [7, 11) is 0. The fourth-order valence-electron chi connectivity index (χ4n) is 2.77. The molecule has 0 bridgehead atoms. The number of hydrogen-bond donors (Lipinski definition) is 1. The predicted molar refractivity (Wildman–Crippen MR) is 90.9 cm³/mol. The van der Waals surface area contributed by atoms with Crippen LogP contribution in [0.1, 0.15) is 5.69 Å². The second-order valence-corrected chi connectivity index (χ2v) is 5.99. The molecule has 0 radical (unpaired) electrons. The average Bonchev–Trinajstić information content (AvgIpc) is 3.19. The van der Waals surface area contributed by atoms with Crippen molar-refractivity contribution in [3.63, 3.8) is 0 Å². The van der Waals surface area contributed by atoms with Gasteiger partial charge in [0.25, 0.3) is 0 Å². The van der Waals surface area contributed by atoms with Crippen LogP contribution in [0, 0.1) is 0 Å². The Bertz CT molecular complexity index is 1050. The zero-order valence-electron chi connectivity index (χ0n) is 12.7. The second-order valence-electron chi connectivity index (χ2n) is 5.55. The molecule has 0 saturated carbocycles. The molecular weight excluding hydrogens is 351 g/mol. The molecular formula is C18H11ClF3N3. The van der Waals surface area contributed by atoms with Crippen LogP contribution in [0.3, 0.4) is 0 Å². The lowest BCUT2D eigenvalue weighted by molar-refractivity contribution is -0.141. The van der Waals surface area contributed by atoms with E-state index in [0.29, 0.717) is 22.0 Å². The molecule has 1 N–H and O–H groups in total. The molecule has 4 aromatic rings. The molecule has 0 aliphatic heterocycles. The third-order valence-corrected chi connectivity index (χ3v) is 4.19. The Kier molecular flexibility index (Phi) is 3.58. The summed E-state index contributed by atoms with van der Waals surface area (Å²) in [4.78, 5) is 3.08. The van der Waals surface area contributed by atoms with E-state index < -0.39 is 11.9 Å². The van der Waals surface area contributed by atoms with E-state index in [9.17, 15) is 13.2 Å². The number of aromatic nitrogens is 3. The van der Waals surface area contributed by atoms with Gasteiger partial charge in [-0.15, -0.1) is 0 Å². The van der Waals surface area contributed by atoms with E-state index in [1.807, 2.05) is 24.3 Å². The standard InChI is InChI=1S/C18H11ClF3N3/c19-11-5-7-12(8-6-11)25-16(9-17(24-25)18(20,21)22)14-10-23-15-4-2-1-3-13(14)15/h1-10,23H. The SMILES string of the molecule is FC(F)(F)c1cc(-c2c[nH]c3ccccc23)n(-c2ccc(Cl)cc2)n1. The summed E-state index contributed by atoms with van der Waals surface area (Å²) < 4.78 is 40.9. The maximum absolute atomic E-state index is 13.2. The van der Waals surface area contributed by atoms with Gasteiger partial charge in [0.15, 0.2) is 5.69 Å². The molecule has 126 valence electrons. The van der Waals surface area contributed by atoms with Crippen molar-refractivity contribution in [3.05, 3.63) is 71.5 Å². The van der Waals surface area contributed by atoms with Gasteiger partial charge in [-0.2, -0.15) is 18.3 Å². The Morgan fingerprint density at radius 1 is 1.00 bits per heavy atom. The van der Waals surface area contributed by atoms with Crippen LogP contribution in [0.25, 0.3) is 27.8 Å². The third kappa shape index (κ3) is 2.78. The summed E-state index contributed by atoms with van der Waals surface area (Å²) in [6.45, 7) is 0. The van der Waals surface area contributed by atoms with Crippen LogP contribution in [0.5, 0.6) is 0 Å². The lowest BCUT2D eigenvalue weighted by atomic mass is 10.1. The summed E-state index contributed by atoms with van der Waals surface area (Å²) in [5, 5.41) is 5.10. The molecule has 0 aliphatic carbocycles. The number of benzene rings is 2. The minimum absolute atomic E-state index is 0.354. The number of H-pyrrole nitrogens is 1. The molecule has 0 aliphatic rings. The van der Waals surface area contributed by atoms with Gasteiger partial charge in [-0.05, 0) is 36.4 Å². The lowest BCUT2D eigenvalue weighted by Crippen LogP contribution is -2.07. The topological polar surface area (TPSA) is 33.6 Å². The maximum atomic E-state index is 13.2. The number of alkyl halides is 3. The molecule has 2 aromatic heterocycles. The zero-order valence-corrected chi connectivity index (χ0v) is 13.4. The van der Waals surface area contributed by atoms with Crippen LogP contribution < -0.4 is 0 Å². The molecule has 0 atom stereocenters. The Balaban J connectivity index is 1.97. The normalized spacial score (nSPS) is 12.0. The van der Waals surface area contributed by atoms with Crippen LogP contribution in [0.2, 0.25) is 5.02 Å². The van der Waals surface area contributed by atoms with Crippen molar-refractivity contribution >= 4 is 22.5 Å². The number of fused-ring (bicyclic) bond motifs is 1. The number of nitrogens with one attached hydrogen (secondary N) is 1. The second kappa shape index (κ2) is 5.67. The van der Waals surface area contributed by atoms with Crippen LogP contribution in [-0.2, 0) is 6.18 Å². The Morgan fingerprint density at radius 2 is 1.72 bits per heavy atom. The maximum Gasteiger partial charge on any atom is 0.435 e. The van der Waals surface area contributed by atoms with E-state index in [0.717, 1.165) is 17.0 Å². The number of rotatable bonds is 2. The summed E-state index contributed by atoms with van der Waals surface area (Å²) in [6.07, 6.45) is -2.84. The lowest BCUT2D eigenvalue weighted by Gasteiger charge is -2.07. The number of halogens is 4. The molecule has 0 saturated heterocycles. The Hall–Kier alpha value is -2.73. The van der Waals surface area contributed by atoms with Crippen molar-refractivity contribution in [2.75, 3.05) is 0 Å². The van der Waals surface area contributed by atoms with Crippen LogP contribution >= 0.6 is 11.6 Å². The molecule has 0 amide bonds. The van der Waals surface area contributed by atoms with Crippen molar-refractivity contribution in [1.82, 2.24) is 14.8 Å². The molecule has 2 heterocycles. The fourth-order valence-corrected chi connectivity index (χ4v) is 2.90. The molecule has 3 nitrogen and oxygen atoms in total. The first kappa shape index (κ1) is 15.8. The molecule has 25 heavy (non-hydrogen) atoms. The average molecular weight is 362 g/mol. The molecule has 0 unspecified atom stereocenters. The highest BCUT2D eigenvalue weighted by Crippen LogP contribution is 2.36. The molecule has 0 fully saturated rings. The molecule has 7 heteroatoms. The van der Waals surface area contributed by atoms with E-state index in [1.54, 1.807) is 30.5 Å². The summed E-state index contributed by atoms with van der Waals surface area (Å²) in [6, 6.07) is 15.0. The van der Waals surface area contributed by atoms with Crippen LogP contribution in [0.15, 0.2) is 60.8 Å². The number of nitrogens with zero attached hydrogens (tertiary/aromatic N) is 2. The van der Waals surface area contributed by atoms with Gasteiger partial charge >= 0.3 is 6.18 Å². The first-order valence-electron chi connectivity index (χ1n) is 7.43. The third-order valence-electron chi connectivity index (χ3n) is 3.94. The van der Waals surface area contributed by atoms with Gasteiger partial charge in [-0.1, -0.05) is 29.8 Å². The van der Waals surface area contributed by atoms with Gasteiger partial charge in [0.1, 0.15) is 0 Å². The van der Waals surface area contributed by atoms with E-state index in [4.69, 9.17) is 11.6 Å². The van der Waals surface area contributed by atoms with Crippen molar-refractivity contribution in [2.24, 2.45) is 0 Å². The first-order valence-corrected chi connectivity index (χ1v) is 7.81. The van der Waals surface area contributed by atoms with Crippen molar-refractivity contribution in [1.29, 1.82) is 0 Å². The van der Waals surface area contributed by atoms with Gasteiger partial charge < -0.3 is 4.98 Å². The Labute approximate surface area is 145 Å². The predicted octanol–water partition coefficient (Wildman–Crippen LogP) is 5.69. The van der Waals surface area contributed by atoms with Gasteiger partial charge in [0.05, 0.1) is 11.4 Å². The molecule has 0 spiro atoms. The largest absolute Gasteiger partial charge is 0.435 e. The monoisotopic (exact) mass is 361 g/mol. The highest BCUT2D eigenvalue weighted by Gasteiger charge is 2.35. The minimum atomic E-state index is -4.53. The van der Waals surface area contributed by atoms with Crippen molar-refractivity contribution in [2.45, 2.75) is 6.18 Å². The fraction of sp³-hybridized carbons (Fsp3) is 0.0556. The van der Waals surface area contributed by atoms with E-state index in [1.165, 1.54) is 4.68 Å². The van der Waals surface area contributed by atoms with Gasteiger partial charge in [-0.25, -0.2) is 4.68 Å². The number of hydrogen-bond acceptors (Lipinski definition) is 1.